The number of anilines is 1. The number of benzene rings is 1. The van der Waals surface area contributed by atoms with Gasteiger partial charge in [-0.1, -0.05) is 0 Å². The number of esters is 1. The Bertz CT molecular complexity index is 788. The topological polar surface area (TPSA) is 113 Å². The van der Waals surface area contributed by atoms with Gasteiger partial charge in [0.1, 0.15) is 0 Å². The van der Waals surface area contributed by atoms with Crippen LogP contribution in [-0.2, 0) is 19.1 Å². The van der Waals surface area contributed by atoms with E-state index in [-0.39, 0.29) is 5.69 Å². The summed E-state index contributed by atoms with van der Waals surface area (Å²) in [4.78, 5) is 40.3. The SMILES string of the molecule is C[C@H](OC(=O)[C@H]1CCCO1)C(=O)Nc1ccc2[nH]c(=O)[nH]c2c1. The van der Waals surface area contributed by atoms with Crippen molar-refractivity contribution in [3.05, 3.63) is 28.7 Å². The van der Waals surface area contributed by atoms with Crippen molar-refractivity contribution in [2.75, 3.05) is 11.9 Å². The fourth-order valence-corrected chi connectivity index (χ4v) is 2.42. The number of H-pyrrole nitrogens is 2. The second-order valence-electron chi connectivity index (χ2n) is 5.41. The van der Waals surface area contributed by atoms with E-state index in [1.165, 1.54) is 6.92 Å². The number of carbonyl (C=O) groups is 2. The van der Waals surface area contributed by atoms with Crippen LogP contribution in [0.25, 0.3) is 11.0 Å². The molecule has 0 saturated carbocycles. The van der Waals surface area contributed by atoms with Gasteiger partial charge in [-0.25, -0.2) is 9.59 Å². The van der Waals surface area contributed by atoms with Crippen LogP contribution in [0.3, 0.4) is 0 Å². The molecule has 1 saturated heterocycles. The number of rotatable bonds is 4. The number of fused-ring (bicyclic) bond motifs is 1. The van der Waals surface area contributed by atoms with Crippen molar-refractivity contribution in [2.24, 2.45) is 0 Å². The maximum atomic E-state index is 12.1. The summed E-state index contributed by atoms with van der Waals surface area (Å²) >= 11 is 0. The highest BCUT2D eigenvalue weighted by molar-refractivity contribution is 5.96. The molecule has 1 aromatic heterocycles. The van der Waals surface area contributed by atoms with Crippen molar-refractivity contribution in [1.29, 1.82) is 0 Å². The average molecular weight is 319 g/mol. The van der Waals surface area contributed by atoms with Crippen molar-refractivity contribution in [2.45, 2.75) is 32.0 Å². The molecule has 2 aromatic rings. The molecule has 23 heavy (non-hydrogen) atoms. The van der Waals surface area contributed by atoms with Gasteiger partial charge in [0, 0.05) is 12.3 Å². The van der Waals surface area contributed by atoms with Crippen LogP contribution in [0.1, 0.15) is 19.8 Å². The van der Waals surface area contributed by atoms with E-state index in [9.17, 15) is 14.4 Å². The normalized spacial score (nSPS) is 18.7. The van der Waals surface area contributed by atoms with Crippen molar-refractivity contribution in [3.8, 4) is 0 Å². The van der Waals surface area contributed by atoms with Crippen LogP contribution in [0.4, 0.5) is 5.69 Å². The molecule has 0 spiro atoms. The minimum absolute atomic E-state index is 0.317. The Morgan fingerprint density at radius 3 is 2.87 bits per heavy atom. The van der Waals surface area contributed by atoms with E-state index in [4.69, 9.17) is 9.47 Å². The van der Waals surface area contributed by atoms with E-state index >= 15 is 0 Å². The fraction of sp³-hybridized carbons (Fsp3) is 0.400. The van der Waals surface area contributed by atoms with E-state index in [1.807, 2.05) is 0 Å². The van der Waals surface area contributed by atoms with Crippen LogP contribution in [-0.4, -0.2) is 40.7 Å². The standard InChI is InChI=1S/C15H17N3O5/c1-8(23-14(20)12-3-2-6-22-12)13(19)16-9-4-5-10-11(7-9)18-15(21)17-10/h4-5,7-8,12H,2-3,6H2,1H3,(H,16,19)(H2,17,18,21)/t8-,12+/m0/s1. The van der Waals surface area contributed by atoms with Gasteiger partial charge < -0.3 is 24.8 Å². The van der Waals surface area contributed by atoms with E-state index in [0.717, 1.165) is 6.42 Å². The highest BCUT2D eigenvalue weighted by Crippen LogP contribution is 2.16. The van der Waals surface area contributed by atoms with Gasteiger partial charge in [0.2, 0.25) is 0 Å². The van der Waals surface area contributed by atoms with E-state index < -0.39 is 24.1 Å². The van der Waals surface area contributed by atoms with Gasteiger partial charge in [-0.3, -0.25) is 4.79 Å². The van der Waals surface area contributed by atoms with Gasteiger partial charge >= 0.3 is 11.7 Å². The molecule has 122 valence electrons. The second-order valence-corrected chi connectivity index (χ2v) is 5.41. The van der Waals surface area contributed by atoms with Crippen molar-refractivity contribution >= 4 is 28.6 Å². The van der Waals surface area contributed by atoms with Crippen LogP contribution in [0.5, 0.6) is 0 Å². The third kappa shape index (κ3) is 3.42. The third-order valence-electron chi connectivity index (χ3n) is 3.64. The number of ether oxygens (including phenoxy) is 2. The first-order valence-corrected chi connectivity index (χ1v) is 7.38. The largest absolute Gasteiger partial charge is 0.451 e. The van der Waals surface area contributed by atoms with E-state index in [0.29, 0.717) is 29.7 Å². The molecular weight excluding hydrogens is 302 g/mol. The summed E-state index contributed by atoms with van der Waals surface area (Å²) in [5.74, 6) is -0.968. The lowest BCUT2D eigenvalue weighted by atomic mass is 10.2. The molecule has 0 aliphatic carbocycles. The summed E-state index contributed by atoms with van der Waals surface area (Å²) in [5.41, 5.74) is 1.41. The Morgan fingerprint density at radius 2 is 2.13 bits per heavy atom. The molecule has 0 bridgehead atoms. The molecule has 2 heterocycles. The summed E-state index contributed by atoms with van der Waals surface area (Å²) in [5, 5.41) is 2.65. The number of aromatic amines is 2. The first kappa shape index (κ1) is 15.3. The molecule has 1 amide bonds. The summed E-state index contributed by atoms with van der Waals surface area (Å²) in [6, 6.07) is 4.95. The molecule has 3 rings (SSSR count). The van der Waals surface area contributed by atoms with Gasteiger partial charge in [0.15, 0.2) is 12.2 Å². The van der Waals surface area contributed by atoms with Gasteiger partial charge in [0.25, 0.3) is 5.91 Å². The molecule has 2 atom stereocenters. The Kier molecular flexibility index (Phi) is 4.16. The Labute approximate surface area is 131 Å². The average Bonchev–Trinajstić information content (AvgIpc) is 3.14. The molecule has 1 aliphatic rings. The highest BCUT2D eigenvalue weighted by atomic mass is 16.6. The van der Waals surface area contributed by atoms with Crippen LogP contribution in [0.2, 0.25) is 0 Å². The van der Waals surface area contributed by atoms with Crippen molar-refractivity contribution in [3.63, 3.8) is 0 Å². The first-order chi connectivity index (χ1) is 11.0. The zero-order chi connectivity index (χ0) is 16.4. The van der Waals surface area contributed by atoms with Gasteiger partial charge in [-0.05, 0) is 38.0 Å². The second kappa shape index (κ2) is 6.25. The Balaban J connectivity index is 1.62. The first-order valence-electron chi connectivity index (χ1n) is 7.38. The molecule has 8 heteroatoms. The minimum atomic E-state index is -0.937. The maximum Gasteiger partial charge on any atom is 0.336 e. The summed E-state index contributed by atoms with van der Waals surface area (Å²) < 4.78 is 10.3. The summed E-state index contributed by atoms with van der Waals surface area (Å²) in [7, 11) is 0. The quantitative estimate of drug-likeness (QED) is 0.725. The van der Waals surface area contributed by atoms with Gasteiger partial charge in [-0.2, -0.15) is 0 Å². The molecule has 1 fully saturated rings. The number of amides is 1. The van der Waals surface area contributed by atoms with Gasteiger partial charge in [-0.15, -0.1) is 0 Å². The molecule has 1 aromatic carbocycles. The predicted octanol–water partition coefficient (Wildman–Crippen LogP) is 0.905. The van der Waals surface area contributed by atoms with Crippen LogP contribution in [0.15, 0.2) is 23.0 Å². The third-order valence-corrected chi connectivity index (χ3v) is 3.64. The number of imidazole rings is 1. The highest BCUT2D eigenvalue weighted by Gasteiger charge is 2.28. The smallest absolute Gasteiger partial charge is 0.336 e. The zero-order valence-electron chi connectivity index (χ0n) is 12.5. The number of hydrogen-bond donors (Lipinski definition) is 3. The molecular formula is C15H17N3O5. The maximum absolute atomic E-state index is 12.1. The van der Waals surface area contributed by atoms with Crippen molar-refractivity contribution in [1.82, 2.24) is 9.97 Å². The molecule has 1 aliphatic heterocycles. The van der Waals surface area contributed by atoms with Crippen molar-refractivity contribution < 1.29 is 19.1 Å². The number of hydrogen-bond acceptors (Lipinski definition) is 5. The minimum Gasteiger partial charge on any atom is -0.451 e. The van der Waals surface area contributed by atoms with Crippen LogP contribution < -0.4 is 11.0 Å². The van der Waals surface area contributed by atoms with E-state index in [2.05, 4.69) is 15.3 Å². The molecule has 8 nitrogen and oxygen atoms in total. The van der Waals surface area contributed by atoms with Crippen LogP contribution >= 0.6 is 0 Å². The number of carbonyl (C=O) groups excluding carboxylic acids is 2. The fourth-order valence-electron chi connectivity index (χ4n) is 2.42. The number of nitrogens with one attached hydrogen (secondary N) is 3. The zero-order valence-corrected chi connectivity index (χ0v) is 12.5. The lowest BCUT2D eigenvalue weighted by Crippen LogP contribution is -2.33. The lowest BCUT2D eigenvalue weighted by molar-refractivity contribution is -0.162. The summed E-state index contributed by atoms with van der Waals surface area (Å²) in [6.45, 7) is 2.04. The molecule has 3 N–H and O–H groups in total. The number of aromatic nitrogens is 2. The molecule has 0 radical (unpaired) electrons. The monoisotopic (exact) mass is 319 g/mol. The Hall–Kier alpha value is -2.61. The summed E-state index contributed by atoms with van der Waals surface area (Å²) in [6.07, 6.45) is -0.0842. The lowest BCUT2D eigenvalue weighted by Gasteiger charge is -2.16. The molecule has 0 unspecified atom stereocenters. The Morgan fingerprint density at radius 1 is 1.35 bits per heavy atom. The van der Waals surface area contributed by atoms with E-state index in [1.54, 1.807) is 18.2 Å². The van der Waals surface area contributed by atoms with Crippen LogP contribution in [0, 0.1) is 0 Å². The van der Waals surface area contributed by atoms with Gasteiger partial charge in [0.05, 0.1) is 11.0 Å². The predicted molar refractivity (Wildman–Crippen MR) is 82.1 cm³/mol.